The SMILES string of the molecule is CCn1n[c]c(C(F)(F)F)c1F. The average Bonchev–Trinajstić information content (AvgIpc) is 2.29. The van der Waals surface area contributed by atoms with Crippen LogP contribution in [0.25, 0.3) is 0 Å². The van der Waals surface area contributed by atoms with Crippen LogP contribution in [0.15, 0.2) is 0 Å². The molecule has 12 heavy (non-hydrogen) atoms. The molecule has 0 N–H and O–H groups in total. The number of aromatic nitrogens is 2. The maximum absolute atomic E-state index is 12.7. The highest BCUT2D eigenvalue weighted by Crippen LogP contribution is 2.30. The van der Waals surface area contributed by atoms with Crippen LogP contribution in [0.4, 0.5) is 17.6 Å². The summed E-state index contributed by atoms with van der Waals surface area (Å²) < 4.78 is 48.9. The summed E-state index contributed by atoms with van der Waals surface area (Å²) >= 11 is 0. The van der Waals surface area contributed by atoms with Crippen molar-refractivity contribution in [2.75, 3.05) is 0 Å². The van der Waals surface area contributed by atoms with Crippen molar-refractivity contribution in [2.24, 2.45) is 0 Å². The topological polar surface area (TPSA) is 17.8 Å². The third kappa shape index (κ3) is 1.41. The molecule has 6 heteroatoms. The Morgan fingerprint density at radius 1 is 1.50 bits per heavy atom. The minimum Gasteiger partial charge on any atom is -0.239 e. The highest BCUT2D eigenvalue weighted by atomic mass is 19.4. The molecule has 1 aromatic rings. The molecule has 0 saturated carbocycles. The predicted octanol–water partition coefficient (Wildman–Crippen LogP) is 1.86. The fourth-order valence-corrected chi connectivity index (χ4v) is 0.719. The summed E-state index contributed by atoms with van der Waals surface area (Å²) in [6.07, 6.45) is -3.13. The Hall–Kier alpha value is -1.07. The van der Waals surface area contributed by atoms with Gasteiger partial charge in [-0.05, 0) is 6.92 Å². The highest BCUT2D eigenvalue weighted by molar-refractivity contribution is 5.09. The predicted molar refractivity (Wildman–Crippen MR) is 31.7 cm³/mol. The summed E-state index contributed by atoms with van der Waals surface area (Å²) in [5.74, 6) is -1.38. The van der Waals surface area contributed by atoms with E-state index in [-0.39, 0.29) is 6.54 Å². The smallest absolute Gasteiger partial charge is 0.239 e. The largest absolute Gasteiger partial charge is 0.423 e. The second-order valence-electron chi connectivity index (χ2n) is 2.09. The minimum absolute atomic E-state index is 0.0540. The van der Waals surface area contributed by atoms with Gasteiger partial charge in [0.1, 0.15) is 11.8 Å². The van der Waals surface area contributed by atoms with Gasteiger partial charge in [-0.1, -0.05) is 0 Å². The zero-order valence-corrected chi connectivity index (χ0v) is 6.11. The van der Waals surface area contributed by atoms with Crippen LogP contribution in [0.5, 0.6) is 0 Å². The van der Waals surface area contributed by atoms with Crippen LogP contribution >= 0.6 is 0 Å². The van der Waals surface area contributed by atoms with E-state index in [1.54, 1.807) is 6.20 Å². The number of rotatable bonds is 1. The van der Waals surface area contributed by atoms with Crippen LogP contribution < -0.4 is 0 Å². The molecule has 0 atom stereocenters. The van der Waals surface area contributed by atoms with Crippen molar-refractivity contribution in [2.45, 2.75) is 19.6 Å². The van der Waals surface area contributed by atoms with Crippen LogP contribution in [0.1, 0.15) is 12.5 Å². The fraction of sp³-hybridized carbons (Fsp3) is 0.500. The standard InChI is InChI=1S/C6H5F4N2/c1-2-12-5(7)4(3-11-12)6(8,9)10/h2H2,1H3. The summed E-state index contributed by atoms with van der Waals surface area (Å²) in [5.41, 5.74) is -1.44. The third-order valence-corrected chi connectivity index (χ3v) is 1.30. The van der Waals surface area contributed by atoms with E-state index in [1.807, 2.05) is 0 Å². The lowest BCUT2D eigenvalue weighted by Crippen LogP contribution is -2.08. The first-order valence-electron chi connectivity index (χ1n) is 3.18. The number of hydrogen-bond acceptors (Lipinski definition) is 1. The second kappa shape index (κ2) is 2.76. The molecule has 0 amide bonds. The van der Waals surface area contributed by atoms with Crippen molar-refractivity contribution in [3.05, 3.63) is 17.7 Å². The van der Waals surface area contributed by atoms with Gasteiger partial charge in [0, 0.05) is 6.54 Å². The van der Waals surface area contributed by atoms with Gasteiger partial charge in [0.2, 0.25) is 5.95 Å². The molecule has 0 unspecified atom stereocenters. The molecule has 0 aliphatic rings. The van der Waals surface area contributed by atoms with E-state index >= 15 is 0 Å². The van der Waals surface area contributed by atoms with Crippen LogP contribution in [-0.2, 0) is 12.7 Å². The van der Waals surface area contributed by atoms with Crippen molar-refractivity contribution in [3.8, 4) is 0 Å². The lowest BCUT2D eigenvalue weighted by Gasteiger charge is -2.02. The molecule has 0 aromatic carbocycles. The van der Waals surface area contributed by atoms with Crippen molar-refractivity contribution < 1.29 is 17.6 Å². The number of hydrogen-bond donors (Lipinski definition) is 0. The van der Waals surface area contributed by atoms with E-state index in [1.165, 1.54) is 6.92 Å². The first kappa shape index (κ1) is 9.02. The van der Waals surface area contributed by atoms with Gasteiger partial charge >= 0.3 is 6.18 Å². The van der Waals surface area contributed by atoms with E-state index in [4.69, 9.17) is 0 Å². The lowest BCUT2D eigenvalue weighted by molar-refractivity contribution is -0.140. The fourth-order valence-electron chi connectivity index (χ4n) is 0.719. The van der Waals surface area contributed by atoms with Gasteiger partial charge < -0.3 is 0 Å². The number of halogens is 4. The molecule has 0 bridgehead atoms. The van der Waals surface area contributed by atoms with Gasteiger partial charge in [0.15, 0.2) is 0 Å². The lowest BCUT2D eigenvalue weighted by atomic mass is 10.3. The molecule has 0 aliphatic carbocycles. The molecular formula is C6H5F4N2. The quantitative estimate of drug-likeness (QED) is 0.604. The van der Waals surface area contributed by atoms with Gasteiger partial charge in [0.25, 0.3) is 0 Å². The van der Waals surface area contributed by atoms with Crippen LogP contribution in [-0.4, -0.2) is 9.78 Å². The van der Waals surface area contributed by atoms with Gasteiger partial charge in [-0.15, -0.1) is 0 Å². The van der Waals surface area contributed by atoms with Crippen molar-refractivity contribution in [3.63, 3.8) is 0 Å². The molecule has 0 fully saturated rings. The summed E-state index contributed by atoms with van der Waals surface area (Å²) in [6, 6.07) is 0. The van der Waals surface area contributed by atoms with E-state index in [0.29, 0.717) is 4.68 Å². The van der Waals surface area contributed by atoms with E-state index in [2.05, 4.69) is 5.10 Å². The number of nitrogens with zero attached hydrogens (tertiary/aromatic N) is 2. The molecule has 1 radical (unpaired) electrons. The first-order chi connectivity index (χ1) is 5.46. The zero-order valence-electron chi connectivity index (χ0n) is 6.11. The maximum atomic E-state index is 12.7. The molecule has 1 rings (SSSR count). The monoisotopic (exact) mass is 181 g/mol. The molecule has 1 heterocycles. The number of alkyl halides is 3. The third-order valence-electron chi connectivity index (χ3n) is 1.30. The van der Waals surface area contributed by atoms with Gasteiger partial charge in [0.05, 0.1) is 0 Å². The summed E-state index contributed by atoms with van der Waals surface area (Å²) in [5, 5.41) is 3.10. The van der Waals surface area contributed by atoms with Crippen molar-refractivity contribution in [1.82, 2.24) is 9.78 Å². The highest BCUT2D eigenvalue weighted by Gasteiger charge is 2.37. The molecule has 1 aromatic heterocycles. The molecule has 0 aliphatic heterocycles. The van der Waals surface area contributed by atoms with Crippen molar-refractivity contribution >= 4 is 0 Å². The molecule has 0 spiro atoms. The Morgan fingerprint density at radius 3 is 2.33 bits per heavy atom. The Bertz CT molecular complexity index is 276. The molecular weight excluding hydrogens is 176 g/mol. The summed E-state index contributed by atoms with van der Waals surface area (Å²) in [4.78, 5) is 0. The minimum atomic E-state index is -4.71. The van der Waals surface area contributed by atoms with Crippen molar-refractivity contribution in [1.29, 1.82) is 0 Å². The average molecular weight is 181 g/mol. The van der Waals surface area contributed by atoms with Gasteiger partial charge in [-0.3, -0.25) is 0 Å². The maximum Gasteiger partial charge on any atom is 0.423 e. The van der Waals surface area contributed by atoms with E-state index in [9.17, 15) is 17.6 Å². The van der Waals surface area contributed by atoms with Crippen LogP contribution in [0, 0.1) is 12.1 Å². The van der Waals surface area contributed by atoms with Crippen LogP contribution in [0.2, 0.25) is 0 Å². The normalized spacial score (nSPS) is 12.1. The van der Waals surface area contributed by atoms with E-state index in [0.717, 1.165) is 0 Å². The van der Waals surface area contributed by atoms with Crippen LogP contribution in [0.3, 0.4) is 0 Å². The summed E-state index contributed by atoms with van der Waals surface area (Å²) in [6.45, 7) is 1.54. The Balaban J connectivity index is 3.11. The number of aryl methyl sites for hydroxylation is 1. The Labute approximate surface area is 65.8 Å². The Morgan fingerprint density at radius 2 is 2.08 bits per heavy atom. The molecule has 67 valence electrons. The zero-order chi connectivity index (χ0) is 9.35. The second-order valence-corrected chi connectivity index (χ2v) is 2.09. The molecule has 2 nitrogen and oxygen atoms in total. The van der Waals surface area contributed by atoms with E-state index < -0.39 is 17.7 Å². The summed E-state index contributed by atoms with van der Waals surface area (Å²) in [7, 11) is 0. The van der Waals surface area contributed by atoms with Gasteiger partial charge in [-0.25, -0.2) is 4.68 Å². The van der Waals surface area contributed by atoms with Gasteiger partial charge in [-0.2, -0.15) is 22.7 Å². The molecule has 0 saturated heterocycles. The first-order valence-corrected chi connectivity index (χ1v) is 3.18. The Kier molecular flexibility index (Phi) is 2.08.